The third-order valence-corrected chi connectivity index (χ3v) is 2.21. The minimum Gasteiger partial charge on any atom is -0.381 e. The first-order valence-electron chi connectivity index (χ1n) is 7.14. The molecule has 0 saturated carbocycles. The van der Waals surface area contributed by atoms with Gasteiger partial charge in [0.15, 0.2) is 5.75 Å². The second kappa shape index (κ2) is 11.6. The molecule has 2 aromatic rings. The first-order valence-corrected chi connectivity index (χ1v) is 7.14. The molecule has 114 valence electrons. The molecule has 1 unspecified atom stereocenters. The molecule has 21 heavy (non-hydrogen) atoms. The van der Waals surface area contributed by atoms with Crippen LogP contribution < -0.4 is 9.64 Å². The van der Waals surface area contributed by atoms with Gasteiger partial charge in [0.05, 0.1) is 6.20 Å². The zero-order valence-corrected chi connectivity index (χ0v) is 13.2. The van der Waals surface area contributed by atoms with Crippen molar-refractivity contribution >= 4 is 11.8 Å². The van der Waals surface area contributed by atoms with Crippen molar-refractivity contribution in [3.8, 4) is 5.75 Å². The monoisotopic (exact) mass is 288 g/mol. The van der Waals surface area contributed by atoms with E-state index in [0.717, 1.165) is 5.69 Å². The number of rotatable bonds is 2. The van der Waals surface area contributed by atoms with Gasteiger partial charge in [-0.3, -0.25) is 4.98 Å². The maximum atomic E-state index is 11.8. The second-order valence-corrected chi connectivity index (χ2v) is 3.42. The molecule has 1 amide bonds. The fraction of sp³-hybridized carbons (Fsp3) is 0.235. The van der Waals surface area contributed by atoms with Gasteiger partial charge in [-0.25, -0.2) is 0 Å². The van der Waals surface area contributed by atoms with Crippen molar-refractivity contribution in [2.75, 3.05) is 0 Å². The summed E-state index contributed by atoms with van der Waals surface area (Å²) in [7, 11) is 3.73. The molecule has 4 nitrogen and oxygen atoms in total. The smallest absolute Gasteiger partial charge is 0.381 e. The number of hydrogen-bond acceptors (Lipinski definition) is 3. The van der Waals surface area contributed by atoms with Crippen LogP contribution in [0.4, 0.5) is 10.5 Å². The van der Waals surface area contributed by atoms with Crippen LogP contribution in [-0.2, 0) is 0 Å². The van der Waals surface area contributed by atoms with Gasteiger partial charge in [-0.2, -0.15) is 4.79 Å². The van der Waals surface area contributed by atoms with Crippen LogP contribution in [-0.4, -0.2) is 11.1 Å². The number of hydrogen-bond donors (Lipinski definition) is 1. The van der Waals surface area contributed by atoms with E-state index < -0.39 is 6.09 Å². The average Bonchev–Trinajstić information content (AvgIpc) is 2.59. The maximum absolute atomic E-state index is 11.8. The number of carbonyl (C=O) groups excluding carboxylic acids is 1. The summed E-state index contributed by atoms with van der Waals surface area (Å²) in [5.74, 6) is 0.412. The number of aromatic nitrogens is 1. The fourth-order valence-electron chi connectivity index (χ4n) is 1.33. The van der Waals surface area contributed by atoms with Gasteiger partial charge in [0.2, 0.25) is 0 Å². The molecule has 1 aromatic carbocycles. The Morgan fingerprint density at radius 1 is 1.05 bits per heavy atom. The number of pyridine rings is 1. The maximum Gasteiger partial charge on any atom is 0.497 e. The summed E-state index contributed by atoms with van der Waals surface area (Å²) >= 11 is 0. The van der Waals surface area contributed by atoms with Gasteiger partial charge >= 0.3 is 6.09 Å². The van der Waals surface area contributed by atoms with Crippen LogP contribution in [0.2, 0.25) is 0 Å². The molecule has 0 spiro atoms. The lowest BCUT2D eigenvalue weighted by Gasteiger charge is -2.16. The molecule has 0 radical (unpaired) electrons. The molecule has 0 aliphatic heterocycles. The third-order valence-electron chi connectivity index (χ3n) is 2.21. The van der Waals surface area contributed by atoms with E-state index in [0.29, 0.717) is 10.6 Å². The molecule has 4 heteroatoms. The number of para-hydroxylation sites is 1. The zero-order chi connectivity index (χ0) is 16.1. The molecule has 1 aromatic heterocycles. The molecular weight excluding hydrogens is 264 g/mol. The molecule has 0 saturated heterocycles. The van der Waals surface area contributed by atoms with Crippen molar-refractivity contribution in [3.05, 3.63) is 61.9 Å². The Bertz CT molecular complexity index is 487. The van der Waals surface area contributed by atoms with E-state index >= 15 is 0 Å². The number of nitrogens with one attached hydrogen (secondary N) is 1. The summed E-state index contributed by atoms with van der Waals surface area (Å²) in [4.78, 5) is 16.0. The van der Waals surface area contributed by atoms with Crippen molar-refractivity contribution in [2.45, 2.75) is 27.7 Å². The Hall–Kier alpha value is -2.20. The lowest BCUT2D eigenvalue weighted by atomic mass is 10.3. The Labute approximate surface area is 127 Å². The lowest BCUT2D eigenvalue weighted by molar-refractivity contribution is -0.695. The van der Waals surface area contributed by atoms with Gasteiger partial charge in [0, 0.05) is 6.20 Å². The highest BCUT2D eigenvalue weighted by Gasteiger charge is 2.14. The topological polar surface area (TPSA) is 43.6 Å². The first kappa shape index (κ1) is 18.8. The number of carbonyl (C=O) groups is 1. The molecule has 1 atom stereocenters. The van der Waals surface area contributed by atoms with E-state index in [2.05, 4.69) is 12.0 Å². The van der Waals surface area contributed by atoms with Gasteiger partial charge in [-0.15, -0.1) is 7.05 Å². The van der Waals surface area contributed by atoms with Crippen LogP contribution in [0, 0.1) is 7.05 Å². The van der Waals surface area contributed by atoms with Gasteiger partial charge in [0.25, 0.3) is 0 Å². The predicted molar refractivity (Wildman–Crippen MR) is 85.4 cm³/mol. The van der Waals surface area contributed by atoms with Crippen molar-refractivity contribution in [2.24, 2.45) is 0 Å². The Morgan fingerprint density at radius 3 is 2.19 bits per heavy atom. The summed E-state index contributed by atoms with van der Waals surface area (Å²) in [5.41, 5.74) is 0.751. The molecular formula is C17H24N2O2. The minimum absolute atomic E-state index is 0.328. The van der Waals surface area contributed by atoms with Gasteiger partial charge in [-0.1, -0.05) is 45.9 Å². The highest BCUT2D eigenvalue weighted by Crippen LogP contribution is 2.06. The van der Waals surface area contributed by atoms with Crippen molar-refractivity contribution < 1.29 is 14.4 Å². The van der Waals surface area contributed by atoms with E-state index in [1.54, 1.807) is 18.3 Å². The number of quaternary nitrogens is 1. The van der Waals surface area contributed by atoms with Crippen molar-refractivity contribution in [1.82, 2.24) is 4.98 Å². The summed E-state index contributed by atoms with van der Waals surface area (Å²) in [5, 5.41) is 0. The van der Waals surface area contributed by atoms with Crippen LogP contribution in [0.15, 0.2) is 54.9 Å². The van der Waals surface area contributed by atoms with Gasteiger partial charge in [0.1, 0.15) is 5.69 Å². The molecule has 2 rings (SSSR count). The molecule has 0 fully saturated rings. The number of benzene rings is 1. The van der Waals surface area contributed by atoms with E-state index in [1.165, 1.54) is 6.20 Å². The molecule has 1 heterocycles. The van der Waals surface area contributed by atoms with Crippen LogP contribution in [0.3, 0.4) is 0 Å². The Morgan fingerprint density at radius 2 is 1.67 bits per heavy atom. The van der Waals surface area contributed by atoms with Crippen LogP contribution in [0.1, 0.15) is 27.7 Å². The van der Waals surface area contributed by atoms with Gasteiger partial charge < -0.3 is 9.64 Å². The highest BCUT2D eigenvalue weighted by atomic mass is 16.6. The zero-order valence-electron chi connectivity index (χ0n) is 13.2. The standard InChI is InChI=1S/C13H12N2O2.2C2H6/c1-15(11-6-3-2-4-7-11)13(16)17-12-8-5-9-14-10-12;2*1-2/h2-10,15H,1H2;2*1-2H3. The van der Waals surface area contributed by atoms with E-state index in [-0.39, 0.29) is 0 Å². The Balaban J connectivity index is 0.000000921. The third kappa shape index (κ3) is 6.68. The van der Waals surface area contributed by atoms with Gasteiger partial charge in [-0.05, 0) is 24.3 Å². The predicted octanol–water partition coefficient (Wildman–Crippen LogP) is 3.64. The summed E-state index contributed by atoms with van der Waals surface area (Å²) in [6.07, 6.45) is 2.63. The Kier molecular flexibility index (Phi) is 10.4. The first-order chi connectivity index (χ1) is 10.3. The molecule has 0 aliphatic rings. The van der Waals surface area contributed by atoms with Crippen LogP contribution in [0.5, 0.6) is 5.75 Å². The van der Waals surface area contributed by atoms with Crippen molar-refractivity contribution in [1.29, 1.82) is 0 Å². The average molecular weight is 288 g/mol. The fourth-order valence-corrected chi connectivity index (χ4v) is 1.33. The molecule has 0 aliphatic carbocycles. The largest absolute Gasteiger partial charge is 0.497 e. The SMILES string of the molecule is CC.CC.[CH2-][NH+](C(=O)Oc1cccnc1)c1ccccc1. The van der Waals surface area contributed by atoms with Crippen molar-refractivity contribution in [3.63, 3.8) is 0 Å². The van der Waals surface area contributed by atoms with E-state index in [9.17, 15) is 4.79 Å². The summed E-state index contributed by atoms with van der Waals surface area (Å²) < 4.78 is 5.13. The second-order valence-electron chi connectivity index (χ2n) is 3.42. The summed E-state index contributed by atoms with van der Waals surface area (Å²) in [6.45, 7) is 8.00. The quantitative estimate of drug-likeness (QED) is 0.858. The van der Waals surface area contributed by atoms with E-state index in [1.807, 2.05) is 58.0 Å². The van der Waals surface area contributed by atoms with Crippen LogP contribution >= 0.6 is 0 Å². The number of nitrogens with zero attached hydrogens (tertiary/aromatic N) is 1. The number of amides is 1. The number of ether oxygens (including phenoxy) is 1. The lowest BCUT2D eigenvalue weighted by Crippen LogP contribution is -3.05. The minimum atomic E-state index is -0.468. The molecule has 1 N–H and O–H groups in total. The highest BCUT2D eigenvalue weighted by molar-refractivity contribution is 5.64. The summed E-state index contributed by atoms with van der Waals surface area (Å²) in [6, 6.07) is 12.6. The molecule has 0 bridgehead atoms. The van der Waals surface area contributed by atoms with Crippen LogP contribution in [0.25, 0.3) is 0 Å². The normalized spacial score (nSPS) is 10.1. The van der Waals surface area contributed by atoms with E-state index in [4.69, 9.17) is 4.74 Å².